The lowest BCUT2D eigenvalue weighted by Crippen LogP contribution is -2.48. The summed E-state index contributed by atoms with van der Waals surface area (Å²) >= 11 is 0. The van der Waals surface area contributed by atoms with E-state index in [0.29, 0.717) is 0 Å². The van der Waals surface area contributed by atoms with Gasteiger partial charge in [-0.1, -0.05) is 6.08 Å². The van der Waals surface area contributed by atoms with E-state index in [2.05, 4.69) is 21.9 Å². The van der Waals surface area contributed by atoms with Crippen LogP contribution in [-0.2, 0) is 0 Å². The zero-order valence-electron chi connectivity index (χ0n) is 6.46. The van der Waals surface area contributed by atoms with Crippen LogP contribution < -0.4 is 10.9 Å². The minimum absolute atomic E-state index is 0.878. The molecule has 10 heavy (non-hydrogen) atoms. The van der Waals surface area contributed by atoms with Crippen molar-refractivity contribution in [1.29, 1.82) is 0 Å². The van der Waals surface area contributed by atoms with Crippen LogP contribution in [0, 0.1) is 0 Å². The minimum Gasteiger partial charge on any atom is -0.301 e. The fourth-order valence-corrected chi connectivity index (χ4v) is 0.898. The average Bonchev–Trinajstić information content (AvgIpc) is 2.05. The van der Waals surface area contributed by atoms with Crippen LogP contribution in [0.4, 0.5) is 0 Å². The molecular formula is C6H14N4. The molecule has 0 bridgehead atoms. The Kier molecular flexibility index (Phi) is 2.68. The molecule has 0 saturated carbocycles. The Balaban J connectivity index is 2.38. The van der Waals surface area contributed by atoms with E-state index in [1.807, 2.05) is 25.3 Å². The van der Waals surface area contributed by atoms with E-state index in [1.54, 1.807) is 0 Å². The monoisotopic (exact) mass is 142 g/mol. The van der Waals surface area contributed by atoms with Gasteiger partial charge in [0.25, 0.3) is 0 Å². The van der Waals surface area contributed by atoms with Crippen molar-refractivity contribution < 1.29 is 0 Å². The van der Waals surface area contributed by atoms with Gasteiger partial charge in [0.2, 0.25) is 0 Å². The molecule has 0 aromatic carbocycles. The first kappa shape index (κ1) is 7.53. The molecule has 0 radical (unpaired) electrons. The van der Waals surface area contributed by atoms with E-state index in [4.69, 9.17) is 0 Å². The topological polar surface area (TPSA) is 30.5 Å². The first-order chi connectivity index (χ1) is 4.86. The predicted octanol–water partition coefficient (Wildman–Crippen LogP) is -0.656. The molecule has 0 atom stereocenters. The third kappa shape index (κ3) is 1.70. The standard InChI is InChI=1S/C6H14N4/c1-7-9-4-3-5-10(6-9)8-2/h3-4,7-8H,5-6H2,1-2H3. The molecular weight excluding hydrogens is 128 g/mol. The van der Waals surface area contributed by atoms with Gasteiger partial charge in [-0.05, 0) is 7.05 Å². The summed E-state index contributed by atoms with van der Waals surface area (Å²) < 4.78 is 0. The normalized spacial score (nSPS) is 20.0. The lowest BCUT2D eigenvalue weighted by Gasteiger charge is -2.30. The maximum Gasteiger partial charge on any atom is 0.0989 e. The van der Waals surface area contributed by atoms with Crippen molar-refractivity contribution >= 4 is 0 Å². The van der Waals surface area contributed by atoms with Gasteiger partial charge in [0.1, 0.15) is 0 Å². The van der Waals surface area contributed by atoms with Crippen LogP contribution >= 0.6 is 0 Å². The number of nitrogens with zero attached hydrogens (tertiary/aromatic N) is 2. The lowest BCUT2D eigenvalue weighted by atomic mass is 10.5. The van der Waals surface area contributed by atoms with E-state index in [9.17, 15) is 0 Å². The van der Waals surface area contributed by atoms with E-state index < -0.39 is 0 Å². The number of hydrazine groups is 2. The van der Waals surface area contributed by atoms with Gasteiger partial charge in [-0.15, -0.1) is 0 Å². The molecule has 2 N–H and O–H groups in total. The largest absolute Gasteiger partial charge is 0.301 e. The summed E-state index contributed by atoms with van der Waals surface area (Å²) in [6.07, 6.45) is 4.13. The second kappa shape index (κ2) is 3.55. The van der Waals surface area contributed by atoms with Crippen LogP contribution in [0.15, 0.2) is 12.3 Å². The summed E-state index contributed by atoms with van der Waals surface area (Å²) in [4.78, 5) is 0. The van der Waals surface area contributed by atoms with Gasteiger partial charge in [0.05, 0.1) is 6.67 Å². The Labute approximate surface area is 61.4 Å². The number of hydrogen-bond donors (Lipinski definition) is 2. The quantitative estimate of drug-likeness (QED) is 0.536. The molecule has 0 spiro atoms. The molecule has 1 aliphatic heterocycles. The summed E-state index contributed by atoms with van der Waals surface area (Å²) in [5.74, 6) is 0. The van der Waals surface area contributed by atoms with Crippen LogP contribution in [0.5, 0.6) is 0 Å². The summed E-state index contributed by atoms with van der Waals surface area (Å²) in [6, 6.07) is 0. The van der Waals surface area contributed by atoms with Gasteiger partial charge in [-0.25, -0.2) is 10.4 Å². The first-order valence-electron chi connectivity index (χ1n) is 3.40. The first-order valence-corrected chi connectivity index (χ1v) is 3.40. The smallest absolute Gasteiger partial charge is 0.0989 e. The zero-order valence-corrected chi connectivity index (χ0v) is 6.46. The van der Waals surface area contributed by atoms with E-state index in [-0.39, 0.29) is 0 Å². The molecule has 1 heterocycles. The number of nitrogens with one attached hydrogen (secondary N) is 2. The Morgan fingerprint density at radius 3 is 2.70 bits per heavy atom. The Hall–Kier alpha value is -0.580. The Morgan fingerprint density at radius 1 is 1.30 bits per heavy atom. The highest BCUT2D eigenvalue weighted by atomic mass is 15.6. The van der Waals surface area contributed by atoms with Crippen molar-refractivity contribution in [3.8, 4) is 0 Å². The number of hydrogen-bond acceptors (Lipinski definition) is 4. The van der Waals surface area contributed by atoms with E-state index >= 15 is 0 Å². The average molecular weight is 142 g/mol. The molecule has 0 aromatic rings. The van der Waals surface area contributed by atoms with Crippen LogP contribution in [0.3, 0.4) is 0 Å². The molecule has 1 rings (SSSR count). The zero-order chi connectivity index (χ0) is 7.40. The summed E-state index contributed by atoms with van der Waals surface area (Å²) in [5, 5.41) is 4.09. The third-order valence-corrected chi connectivity index (χ3v) is 1.54. The number of rotatable bonds is 2. The molecule has 4 nitrogen and oxygen atoms in total. The van der Waals surface area contributed by atoms with Gasteiger partial charge in [0.15, 0.2) is 0 Å². The molecule has 0 amide bonds. The lowest BCUT2D eigenvalue weighted by molar-refractivity contribution is 0.0996. The van der Waals surface area contributed by atoms with Crippen molar-refractivity contribution in [2.75, 3.05) is 27.3 Å². The SMILES string of the molecule is CNN1C=CCN(NC)C1. The van der Waals surface area contributed by atoms with Gasteiger partial charge < -0.3 is 5.01 Å². The van der Waals surface area contributed by atoms with Gasteiger partial charge in [-0.3, -0.25) is 5.43 Å². The van der Waals surface area contributed by atoms with Gasteiger partial charge in [-0.2, -0.15) is 0 Å². The van der Waals surface area contributed by atoms with E-state index in [1.165, 1.54) is 0 Å². The Morgan fingerprint density at radius 2 is 2.10 bits per heavy atom. The maximum absolute atomic E-state index is 3.07. The van der Waals surface area contributed by atoms with Crippen LogP contribution in [0.1, 0.15) is 0 Å². The molecule has 0 aliphatic carbocycles. The van der Waals surface area contributed by atoms with Crippen molar-refractivity contribution in [3.63, 3.8) is 0 Å². The highest BCUT2D eigenvalue weighted by Gasteiger charge is 2.07. The molecule has 58 valence electrons. The third-order valence-electron chi connectivity index (χ3n) is 1.54. The highest BCUT2D eigenvalue weighted by Crippen LogP contribution is 1.95. The van der Waals surface area contributed by atoms with Crippen LogP contribution in [0.25, 0.3) is 0 Å². The van der Waals surface area contributed by atoms with E-state index in [0.717, 1.165) is 13.2 Å². The fraction of sp³-hybridized carbons (Fsp3) is 0.667. The summed E-state index contributed by atoms with van der Waals surface area (Å²) in [5.41, 5.74) is 6.10. The highest BCUT2D eigenvalue weighted by molar-refractivity contribution is 4.86. The van der Waals surface area contributed by atoms with Gasteiger partial charge >= 0.3 is 0 Å². The minimum atomic E-state index is 0.878. The maximum atomic E-state index is 3.07. The van der Waals surface area contributed by atoms with Crippen molar-refractivity contribution in [3.05, 3.63) is 12.3 Å². The Bertz CT molecular complexity index is 123. The summed E-state index contributed by atoms with van der Waals surface area (Å²) in [7, 11) is 3.83. The fourth-order valence-electron chi connectivity index (χ4n) is 0.898. The van der Waals surface area contributed by atoms with Crippen molar-refractivity contribution in [2.24, 2.45) is 0 Å². The van der Waals surface area contributed by atoms with Crippen molar-refractivity contribution in [2.45, 2.75) is 0 Å². The van der Waals surface area contributed by atoms with Crippen LogP contribution in [0.2, 0.25) is 0 Å². The van der Waals surface area contributed by atoms with Crippen molar-refractivity contribution in [1.82, 2.24) is 20.9 Å². The van der Waals surface area contributed by atoms with Crippen LogP contribution in [-0.4, -0.2) is 37.3 Å². The molecule has 1 aliphatic rings. The molecule has 0 fully saturated rings. The molecule has 0 aromatic heterocycles. The second-order valence-corrected chi connectivity index (χ2v) is 2.17. The molecule has 4 heteroatoms. The van der Waals surface area contributed by atoms with Gasteiger partial charge in [0, 0.05) is 19.8 Å². The second-order valence-electron chi connectivity index (χ2n) is 2.17. The predicted molar refractivity (Wildman–Crippen MR) is 40.7 cm³/mol. The summed E-state index contributed by atoms with van der Waals surface area (Å²) in [6.45, 7) is 1.85. The molecule has 0 saturated heterocycles. The molecule has 0 unspecified atom stereocenters.